The molecule has 27 heavy (non-hydrogen) atoms. The highest BCUT2D eigenvalue weighted by molar-refractivity contribution is 9.10. The van der Waals surface area contributed by atoms with Crippen molar-refractivity contribution < 1.29 is 21.6 Å². The van der Waals surface area contributed by atoms with Gasteiger partial charge in [-0.2, -0.15) is 4.31 Å². The lowest BCUT2D eigenvalue weighted by molar-refractivity contribution is 0.0730. The van der Waals surface area contributed by atoms with Crippen molar-refractivity contribution in [3.63, 3.8) is 0 Å². The van der Waals surface area contributed by atoms with Gasteiger partial charge in [-0.05, 0) is 48.9 Å². The Morgan fingerprint density at radius 3 is 2.37 bits per heavy atom. The van der Waals surface area contributed by atoms with E-state index in [1.54, 1.807) is 19.1 Å². The highest BCUT2D eigenvalue weighted by Crippen LogP contribution is 2.24. The second-order valence-corrected chi connectivity index (χ2v) is 10.5. The largest absolute Gasteiger partial charge is 0.379 e. The number of nitrogens with zero attached hydrogens (tertiary/aromatic N) is 1. The SMILES string of the molecule is Cc1cc(S(=O)(=O)Nc2cccc(S(=O)(=O)N3CCOCC3)c2)ccc1Br. The Labute approximate surface area is 167 Å². The monoisotopic (exact) mass is 474 g/mol. The van der Waals surface area contributed by atoms with Crippen LogP contribution in [0.15, 0.2) is 56.7 Å². The molecule has 0 spiro atoms. The molecule has 1 aliphatic heterocycles. The minimum absolute atomic E-state index is 0.0385. The van der Waals surface area contributed by atoms with Gasteiger partial charge in [-0.1, -0.05) is 22.0 Å². The Morgan fingerprint density at radius 1 is 1.00 bits per heavy atom. The Hall–Kier alpha value is -1.46. The van der Waals surface area contributed by atoms with Gasteiger partial charge in [-0.3, -0.25) is 4.72 Å². The summed E-state index contributed by atoms with van der Waals surface area (Å²) in [5.74, 6) is 0. The predicted molar refractivity (Wildman–Crippen MR) is 106 cm³/mol. The van der Waals surface area contributed by atoms with E-state index in [2.05, 4.69) is 20.7 Å². The lowest BCUT2D eigenvalue weighted by atomic mass is 10.2. The quantitative estimate of drug-likeness (QED) is 0.718. The number of aryl methyl sites for hydroxylation is 1. The molecular weight excluding hydrogens is 456 g/mol. The first-order chi connectivity index (χ1) is 12.7. The normalized spacial score (nSPS) is 16.2. The van der Waals surface area contributed by atoms with E-state index in [1.165, 1.54) is 34.6 Å². The number of benzene rings is 2. The second-order valence-electron chi connectivity index (χ2n) is 6.06. The number of ether oxygens (including phenoxy) is 1. The predicted octanol–water partition coefficient (Wildman–Crippen LogP) is 2.58. The number of hydrogen-bond acceptors (Lipinski definition) is 5. The zero-order valence-electron chi connectivity index (χ0n) is 14.6. The summed E-state index contributed by atoms with van der Waals surface area (Å²) in [6.07, 6.45) is 0. The lowest BCUT2D eigenvalue weighted by Gasteiger charge is -2.26. The van der Waals surface area contributed by atoms with Crippen molar-refractivity contribution in [2.75, 3.05) is 31.0 Å². The standard InChI is InChI=1S/C17H19BrN2O5S2/c1-13-11-15(5-6-17(13)18)26(21,22)19-14-3-2-4-16(12-14)27(23,24)20-7-9-25-10-8-20/h2-6,11-12,19H,7-10H2,1H3. The summed E-state index contributed by atoms with van der Waals surface area (Å²) >= 11 is 3.34. The third kappa shape index (κ3) is 4.52. The second kappa shape index (κ2) is 7.88. The number of halogens is 1. The maximum Gasteiger partial charge on any atom is 0.261 e. The molecule has 0 amide bonds. The molecule has 1 aliphatic rings. The van der Waals surface area contributed by atoms with Gasteiger partial charge in [0.15, 0.2) is 0 Å². The van der Waals surface area contributed by atoms with Gasteiger partial charge in [-0.15, -0.1) is 0 Å². The topological polar surface area (TPSA) is 92.8 Å². The molecule has 0 radical (unpaired) electrons. The molecule has 0 unspecified atom stereocenters. The van der Waals surface area contributed by atoms with Gasteiger partial charge < -0.3 is 4.74 Å². The molecular formula is C17H19BrN2O5S2. The molecule has 0 bridgehead atoms. The summed E-state index contributed by atoms with van der Waals surface area (Å²) in [6, 6.07) is 10.5. The molecule has 3 rings (SSSR count). The Bertz CT molecular complexity index is 1050. The molecule has 1 fully saturated rings. The van der Waals surface area contributed by atoms with Crippen LogP contribution in [0.2, 0.25) is 0 Å². The van der Waals surface area contributed by atoms with Crippen LogP contribution in [0.5, 0.6) is 0 Å². The molecule has 7 nitrogen and oxygen atoms in total. The zero-order valence-corrected chi connectivity index (χ0v) is 17.8. The minimum atomic E-state index is -3.84. The highest BCUT2D eigenvalue weighted by Gasteiger charge is 2.26. The van der Waals surface area contributed by atoms with E-state index in [0.717, 1.165) is 10.0 Å². The van der Waals surface area contributed by atoms with Crippen LogP contribution in [-0.2, 0) is 24.8 Å². The molecule has 1 heterocycles. The van der Waals surface area contributed by atoms with Crippen molar-refractivity contribution in [3.8, 4) is 0 Å². The van der Waals surface area contributed by atoms with E-state index in [0.29, 0.717) is 13.2 Å². The third-order valence-electron chi connectivity index (χ3n) is 4.13. The summed E-state index contributed by atoms with van der Waals surface area (Å²) < 4.78 is 60.5. The highest BCUT2D eigenvalue weighted by atomic mass is 79.9. The van der Waals surface area contributed by atoms with Gasteiger partial charge in [0.2, 0.25) is 10.0 Å². The van der Waals surface area contributed by atoms with Crippen LogP contribution in [0.1, 0.15) is 5.56 Å². The van der Waals surface area contributed by atoms with E-state index in [4.69, 9.17) is 4.74 Å². The van der Waals surface area contributed by atoms with Gasteiger partial charge in [0.05, 0.1) is 28.7 Å². The zero-order chi connectivity index (χ0) is 19.7. The smallest absolute Gasteiger partial charge is 0.261 e. The molecule has 0 aromatic heterocycles. The van der Waals surface area contributed by atoms with E-state index in [1.807, 2.05) is 0 Å². The molecule has 0 atom stereocenters. The first-order valence-electron chi connectivity index (χ1n) is 8.17. The summed E-state index contributed by atoms with van der Waals surface area (Å²) in [5, 5.41) is 0. The van der Waals surface area contributed by atoms with E-state index >= 15 is 0 Å². The first kappa shape index (κ1) is 20.3. The molecule has 1 saturated heterocycles. The number of hydrogen-bond donors (Lipinski definition) is 1. The van der Waals surface area contributed by atoms with Gasteiger partial charge in [0, 0.05) is 17.6 Å². The van der Waals surface area contributed by atoms with Crippen LogP contribution >= 0.6 is 15.9 Å². The Balaban J connectivity index is 1.88. The number of sulfonamides is 2. The van der Waals surface area contributed by atoms with Crippen LogP contribution < -0.4 is 4.72 Å². The maximum atomic E-state index is 12.7. The van der Waals surface area contributed by atoms with Crippen molar-refractivity contribution >= 4 is 41.7 Å². The van der Waals surface area contributed by atoms with Crippen molar-refractivity contribution in [2.24, 2.45) is 0 Å². The number of nitrogens with one attached hydrogen (secondary N) is 1. The summed E-state index contributed by atoms with van der Waals surface area (Å²) in [5.41, 5.74) is 0.964. The van der Waals surface area contributed by atoms with Crippen LogP contribution in [-0.4, -0.2) is 47.4 Å². The van der Waals surface area contributed by atoms with Gasteiger partial charge >= 0.3 is 0 Å². The molecule has 0 saturated carbocycles. The van der Waals surface area contributed by atoms with E-state index in [9.17, 15) is 16.8 Å². The van der Waals surface area contributed by atoms with Gasteiger partial charge in [0.1, 0.15) is 0 Å². The average Bonchev–Trinajstić information content (AvgIpc) is 2.64. The van der Waals surface area contributed by atoms with Crippen LogP contribution in [0.4, 0.5) is 5.69 Å². The maximum absolute atomic E-state index is 12.7. The third-order valence-corrected chi connectivity index (χ3v) is 8.30. The van der Waals surface area contributed by atoms with Gasteiger partial charge in [-0.25, -0.2) is 16.8 Å². The van der Waals surface area contributed by atoms with E-state index < -0.39 is 20.0 Å². The van der Waals surface area contributed by atoms with Crippen LogP contribution in [0.25, 0.3) is 0 Å². The van der Waals surface area contributed by atoms with Crippen LogP contribution in [0.3, 0.4) is 0 Å². The van der Waals surface area contributed by atoms with Crippen LogP contribution in [0, 0.1) is 6.92 Å². The number of anilines is 1. The minimum Gasteiger partial charge on any atom is -0.379 e. The fraction of sp³-hybridized carbons (Fsp3) is 0.294. The van der Waals surface area contributed by atoms with Crippen molar-refractivity contribution in [1.29, 1.82) is 0 Å². The van der Waals surface area contributed by atoms with Crippen molar-refractivity contribution in [1.82, 2.24) is 4.31 Å². The average molecular weight is 475 g/mol. The molecule has 146 valence electrons. The van der Waals surface area contributed by atoms with Crippen molar-refractivity contribution in [3.05, 3.63) is 52.5 Å². The summed E-state index contributed by atoms with van der Waals surface area (Å²) in [6.45, 7) is 3.02. The first-order valence-corrected chi connectivity index (χ1v) is 11.9. The van der Waals surface area contributed by atoms with E-state index in [-0.39, 0.29) is 28.6 Å². The Morgan fingerprint density at radius 2 is 1.70 bits per heavy atom. The summed E-state index contributed by atoms with van der Waals surface area (Å²) in [7, 11) is -7.54. The number of morpholine rings is 1. The van der Waals surface area contributed by atoms with Crippen molar-refractivity contribution in [2.45, 2.75) is 16.7 Å². The molecule has 2 aromatic carbocycles. The fourth-order valence-corrected chi connectivity index (χ4v) is 5.49. The number of rotatable bonds is 5. The molecule has 0 aliphatic carbocycles. The summed E-state index contributed by atoms with van der Waals surface area (Å²) in [4.78, 5) is 0.140. The van der Waals surface area contributed by atoms with Gasteiger partial charge in [0.25, 0.3) is 10.0 Å². The Kier molecular flexibility index (Phi) is 5.92. The molecule has 1 N–H and O–H groups in total. The lowest BCUT2D eigenvalue weighted by Crippen LogP contribution is -2.40. The molecule has 10 heteroatoms. The molecule has 2 aromatic rings. The fourth-order valence-electron chi connectivity index (χ4n) is 2.65.